The average Bonchev–Trinajstić information content (AvgIpc) is 2.50. The molecule has 0 fully saturated rings. The van der Waals surface area contributed by atoms with E-state index in [-0.39, 0.29) is 12.4 Å². The second kappa shape index (κ2) is 8.58. The number of hydrogen-bond acceptors (Lipinski definition) is 3. The Labute approximate surface area is 151 Å². The number of nitrogens with zero attached hydrogens (tertiary/aromatic N) is 2. The lowest BCUT2D eigenvalue weighted by molar-refractivity contribution is 1.20. The minimum Gasteiger partial charge on any atom is -0.369 e. The van der Waals surface area contributed by atoms with Gasteiger partial charge in [0.2, 0.25) is 5.96 Å². The van der Waals surface area contributed by atoms with Gasteiger partial charge in [-0.2, -0.15) is 0 Å². The van der Waals surface area contributed by atoms with Crippen LogP contribution in [0.2, 0.25) is 5.02 Å². The molecule has 22 heavy (non-hydrogen) atoms. The molecule has 118 valence electrons. The van der Waals surface area contributed by atoms with Crippen molar-refractivity contribution in [1.29, 1.82) is 0 Å². The lowest BCUT2D eigenvalue weighted by Crippen LogP contribution is -2.33. The van der Waals surface area contributed by atoms with Crippen molar-refractivity contribution in [2.24, 2.45) is 10.7 Å². The molecule has 2 aromatic rings. The predicted molar refractivity (Wildman–Crippen MR) is 104 cm³/mol. The second-order valence-electron chi connectivity index (χ2n) is 4.37. The number of thioether (sulfide) groups is 1. The third-order valence-electron chi connectivity index (χ3n) is 2.95. The molecule has 0 unspecified atom stereocenters. The van der Waals surface area contributed by atoms with E-state index in [0.717, 1.165) is 10.6 Å². The van der Waals surface area contributed by atoms with E-state index in [9.17, 15) is 0 Å². The Balaban J connectivity index is 0.00000242. The van der Waals surface area contributed by atoms with Gasteiger partial charge < -0.3 is 10.6 Å². The van der Waals surface area contributed by atoms with Gasteiger partial charge in [-0.1, -0.05) is 17.7 Å². The normalized spacial score (nSPS) is 11.0. The summed E-state index contributed by atoms with van der Waals surface area (Å²) in [6, 6.07) is 13.4. The zero-order chi connectivity index (χ0) is 15.4. The Morgan fingerprint density at radius 2 is 2.00 bits per heavy atom. The number of guanidine groups is 1. The van der Waals surface area contributed by atoms with Crippen LogP contribution >= 0.6 is 48.4 Å². The number of nitrogens with two attached hydrogens (primary N) is 1. The van der Waals surface area contributed by atoms with Gasteiger partial charge in [-0.25, -0.2) is 4.99 Å². The molecule has 0 radical (unpaired) electrons. The maximum Gasteiger partial charge on any atom is 0.200 e. The summed E-state index contributed by atoms with van der Waals surface area (Å²) in [6.45, 7) is 0. The molecule has 0 atom stereocenters. The molecule has 0 aliphatic rings. The fraction of sp³-hybridized carbons (Fsp3) is 0.133. The van der Waals surface area contributed by atoms with Crippen LogP contribution in [0.1, 0.15) is 0 Å². The van der Waals surface area contributed by atoms with Gasteiger partial charge in [0.15, 0.2) is 0 Å². The van der Waals surface area contributed by atoms with Crippen LogP contribution in [0, 0.1) is 0 Å². The summed E-state index contributed by atoms with van der Waals surface area (Å²) in [7, 11) is 1.87. The van der Waals surface area contributed by atoms with Crippen LogP contribution in [0.5, 0.6) is 0 Å². The summed E-state index contributed by atoms with van der Waals surface area (Å²) < 4.78 is 0. The smallest absolute Gasteiger partial charge is 0.200 e. The quantitative estimate of drug-likeness (QED) is 0.349. The van der Waals surface area contributed by atoms with Gasteiger partial charge in [0, 0.05) is 22.5 Å². The summed E-state index contributed by atoms with van der Waals surface area (Å²) in [5.41, 5.74) is 7.66. The van der Waals surface area contributed by atoms with E-state index in [1.165, 1.54) is 4.90 Å². The van der Waals surface area contributed by atoms with Gasteiger partial charge in [0.05, 0.1) is 10.7 Å². The van der Waals surface area contributed by atoms with Crippen molar-refractivity contribution < 1.29 is 0 Å². The lowest BCUT2D eigenvalue weighted by atomic mass is 10.3. The Morgan fingerprint density at radius 1 is 1.27 bits per heavy atom. The molecule has 2 N–H and O–H groups in total. The maximum absolute atomic E-state index is 6.12. The van der Waals surface area contributed by atoms with Crippen molar-refractivity contribution in [2.75, 3.05) is 18.2 Å². The van der Waals surface area contributed by atoms with Crippen LogP contribution < -0.4 is 10.6 Å². The van der Waals surface area contributed by atoms with Gasteiger partial charge in [-0.15, -0.1) is 36.8 Å². The van der Waals surface area contributed by atoms with Gasteiger partial charge in [0.1, 0.15) is 0 Å². The van der Waals surface area contributed by atoms with Crippen molar-refractivity contribution in [1.82, 2.24) is 0 Å². The van der Waals surface area contributed by atoms with E-state index in [2.05, 4.69) is 29.8 Å². The molecule has 2 rings (SSSR count). The molecule has 0 bridgehead atoms. The molecule has 2 aromatic carbocycles. The molecular weight excluding hydrogens is 357 g/mol. The van der Waals surface area contributed by atoms with Crippen molar-refractivity contribution in [3.63, 3.8) is 0 Å². The Kier molecular flexibility index (Phi) is 7.42. The minimum atomic E-state index is 0. The molecule has 0 amide bonds. The topological polar surface area (TPSA) is 41.6 Å². The molecular formula is C15H17Cl2N3S2. The predicted octanol–water partition coefficient (Wildman–Crippen LogP) is 4.86. The Hall–Kier alpha value is -1.01. The highest BCUT2D eigenvalue weighted by Gasteiger charge is 2.07. The highest BCUT2D eigenvalue weighted by atomic mass is 35.5. The van der Waals surface area contributed by atoms with E-state index in [1.54, 1.807) is 23.9 Å². The first kappa shape index (κ1) is 19.0. The summed E-state index contributed by atoms with van der Waals surface area (Å²) in [4.78, 5) is 8.16. The molecule has 0 saturated carbocycles. The van der Waals surface area contributed by atoms with Crippen LogP contribution in [-0.2, 0) is 0 Å². The van der Waals surface area contributed by atoms with Crippen LogP contribution in [-0.4, -0.2) is 19.3 Å². The van der Waals surface area contributed by atoms with E-state index < -0.39 is 0 Å². The van der Waals surface area contributed by atoms with Crippen LogP contribution in [0.15, 0.2) is 57.2 Å². The molecule has 0 aliphatic carbocycles. The number of anilines is 1. The third-order valence-corrected chi connectivity index (χ3v) is 4.27. The second-order valence-corrected chi connectivity index (χ2v) is 6.17. The van der Waals surface area contributed by atoms with E-state index in [1.807, 2.05) is 36.4 Å². The molecule has 0 heterocycles. The standard InChI is InChI=1S/C15H16ClN3S2.ClH/c1-19(10-4-3-5-12(8-10)21-2)15(17)18-14-9-11(20)6-7-13(14)16;/h3-9,20H,1-2H3,(H2,17,18);1H. The number of rotatable bonds is 3. The van der Waals surface area contributed by atoms with E-state index in [4.69, 9.17) is 17.3 Å². The summed E-state index contributed by atoms with van der Waals surface area (Å²) in [6.07, 6.45) is 2.04. The third kappa shape index (κ3) is 4.74. The van der Waals surface area contributed by atoms with Crippen LogP contribution in [0.4, 0.5) is 11.4 Å². The van der Waals surface area contributed by atoms with Crippen LogP contribution in [0.25, 0.3) is 0 Å². The van der Waals surface area contributed by atoms with E-state index >= 15 is 0 Å². The number of halogens is 2. The van der Waals surface area contributed by atoms with Gasteiger partial charge >= 0.3 is 0 Å². The average molecular weight is 374 g/mol. The van der Waals surface area contributed by atoms with Crippen molar-refractivity contribution >= 4 is 65.7 Å². The summed E-state index contributed by atoms with van der Waals surface area (Å²) >= 11 is 12.1. The number of hydrogen-bond donors (Lipinski definition) is 2. The van der Waals surface area contributed by atoms with Gasteiger partial charge in [-0.3, -0.25) is 0 Å². The van der Waals surface area contributed by atoms with E-state index in [0.29, 0.717) is 16.7 Å². The molecule has 7 heteroatoms. The fourth-order valence-corrected chi connectivity index (χ4v) is 2.55. The van der Waals surface area contributed by atoms with Gasteiger partial charge in [0.25, 0.3) is 0 Å². The molecule has 0 aliphatic heterocycles. The summed E-state index contributed by atoms with van der Waals surface area (Å²) in [5, 5.41) is 0.544. The molecule has 0 aromatic heterocycles. The van der Waals surface area contributed by atoms with Crippen LogP contribution in [0.3, 0.4) is 0 Å². The lowest BCUT2D eigenvalue weighted by Gasteiger charge is -2.19. The number of benzene rings is 2. The number of aliphatic imine (C=N–C) groups is 1. The molecule has 3 nitrogen and oxygen atoms in total. The highest BCUT2D eigenvalue weighted by molar-refractivity contribution is 7.98. The van der Waals surface area contributed by atoms with Gasteiger partial charge in [-0.05, 0) is 42.7 Å². The minimum absolute atomic E-state index is 0. The van der Waals surface area contributed by atoms with Crippen molar-refractivity contribution in [3.05, 3.63) is 47.5 Å². The largest absolute Gasteiger partial charge is 0.369 e. The first-order valence-electron chi connectivity index (χ1n) is 6.21. The summed E-state index contributed by atoms with van der Waals surface area (Å²) in [5.74, 6) is 0.370. The van der Waals surface area contributed by atoms with Crippen molar-refractivity contribution in [3.8, 4) is 0 Å². The zero-order valence-electron chi connectivity index (χ0n) is 12.2. The first-order valence-corrected chi connectivity index (χ1v) is 8.26. The number of thiol groups is 1. The first-order chi connectivity index (χ1) is 10.0. The zero-order valence-corrected chi connectivity index (χ0v) is 15.4. The fourth-order valence-electron chi connectivity index (χ4n) is 1.74. The monoisotopic (exact) mass is 373 g/mol. The maximum atomic E-state index is 6.12. The highest BCUT2D eigenvalue weighted by Crippen LogP contribution is 2.28. The molecule has 0 spiro atoms. The SMILES string of the molecule is CSc1cccc(N(C)C(N)=Nc2cc(S)ccc2Cl)c1.Cl. The Morgan fingerprint density at radius 3 is 2.68 bits per heavy atom. The van der Waals surface area contributed by atoms with Crippen molar-refractivity contribution in [2.45, 2.75) is 9.79 Å². The molecule has 0 saturated heterocycles. The Bertz CT molecular complexity index is 678.